The molecule has 22 heavy (non-hydrogen) atoms. The van der Waals surface area contributed by atoms with Gasteiger partial charge in [0.2, 0.25) is 5.91 Å². The Morgan fingerprint density at radius 3 is 2.14 bits per heavy atom. The largest absolute Gasteiger partial charge is 0.467 e. The molecule has 0 unspecified atom stereocenters. The highest BCUT2D eigenvalue weighted by atomic mass is 19.4. The number of benzene rings is 1. The van der Waals surface area contributed by atoms with Crippen molar-refractivity contribution in [2.24, 2.45) is 0 Å². The maximum Gasteiger partial charge on any atom is 0.416 e. The number of carbonyl (C=O) groups excluding carboxylic acids is 3. The summed E-state index contributed by atoms with van der Waals surface area (Å²) in [7, 11) is 1.10. The number of rotatable bonds is 5. The van der Waals surface area contributed by atoms with Crippen molar-refractivity contribution < 1.29 is 32.3 Å². The quantitative estimate of drug-likeness (QED) is 0.665. The van der Waals surface area contributed by atoms with E-state index in [1.54, 1.807) is 0 Å². The van der Waals surface area contributed by atoms with Crippen molar-refractivity contribution in [3.63, 3.8) is 0 Å². The number of Topliss-reactive ketones (excluding diaryl/α,β-unsaturated/α-hetero) is 1. The summed E-state index contributed by atoms with van der Waals surface area (Å²) in [6, 6.07) is 2.41. The summed E-state index contributed by atoms with van der Waals surface area (Å²) in [4.78, 5) is 34.4. The number of carbonyl (C=O) groups is 3. The minimum absolute atomic E-state index is 0.00672. The molecule has 0 radical (unpaired) electrons. The lowest BCUT2D eigenvalue weighted by Crippen LogP contribution is -2.41. The zero-order valence-corrected chi connectivity index (χ0v) is 11.9. The third-order valence-corrected chi connectivity index (χ3v) is 2.79. The molecule has 1 atom stereocenters. The van der Waals surface area contributed by atoms with E-state index in [-0.39, 0.29) is 5.56 Å². The normalized spacial score (nSPS) is 12.4. The first-order valence-electron chi connectivity index (χ1n) is 6.20. The highest BCUT2D eigenvalue weighted by Crippen LogP contribution is 2.29. The third kappa shape index (κ3) is 4.87. The number of methoxy groups -OCH3 is 1. The molecule has 0 aliphatic rings. The molecule has 1 aromatic rings. The Labute approximate surface area is 124 Å². The van der Waals surface area contributed by atoms with Gasteiger partial charge in [-0.05, 0) is 12.1 Å². The number of ketones is 1. The van der Waals surface area contributed by atoms with Crippen LogP contribution in [0.15, 0.2) is 24.3 Å². The number of amides is 1. The predicted octanol–water partition coefficient (Wildman–Crippen LogP) is 1.96. The van der Waals surface area contributed by atoms with Crippen molar-refractivity contribution in [1.82, 2.24) is 5.32 Å². The lowest BCUT2D eigenvalue weighted by atomic mass is 10.0. The molecule has 1 rings (SSSR count). The van der Waals surface area contributed by atoms with Crippen LogP contribution in [0.2, 0.25) is 0 Å². The summed E-state index contributed by atoms with van der Waals surface area (Å²) in [6.07, 6.45) is -4.90. The predicted molar refractivity (Wildman–Crippen MR) is 70.0 cm³/mol. The van der Waals surface area contributed by atoms with Crippen LogP contribution in [0.4, 0.5) is 13.2 Å². The molecule has 0 spiro atoms. The summed E-state index contributed by atoms with van der Waals surface area (Å²) < 4.78 is 41.8. The number of nitrogens with one attached hydrogen (secondary N) is 1. The van der Waals surface area contributed by atoms with Gasteiger partial charge in [0.15, 0.2) is 5.78 Å². The Balaban J connectivity index is 2.86. The summed E-state index contributed by atoms with van der Waals surface area (Å²) in [5, 5.41) is 2.25. The average Bonchev–Trinajstić information content (AvgIpc) is 2.44. The first-order valence-corrected chi connectivity index (χ1v) is 6.20. The molecule has 0 aliphatic carbocycles. The topological polar surface area (TPSA) is 72.5 Å². The van der Waals surface area contributed by atoms with Crippen LogP contribution in [0.1, 0.15) is 29.3 Å². The van der Waals surface area contributed by atoms with Gasteiger partial charge in [-0.1, -0.05) is 12.1 Å². The van der Waals surface area contributed by atoms with Gasteiger partial charge in [-0.2, -0.15) is 13.2 Å². The summed E-state index contributed by atoms with van der Waals surface area (Å²) in [6.45, 7) is 1.17. The molecule has 0 heterocycles. The first kappa shape index (κ1) is 17.7. The minimum atomic E-state index is -4.49. The van der Waals surface area contributed by atoms with E-state index in [9.17, 15) is 27.6 Å². The Hall–Kier alpha value is -2.38. The zero-order chi connectivity index (χ0) is 16.9. The number of esters is 1. The van der Waals surface area contributed by atoms with E-state index < -0.39 is 41.9 Å². The minimum Gasteiger partial charge on any atom is -0.467 e. The van der Waals surface area contributed by atoms with Crippen LogP contribution in [-0.2, 0) is 20.5 Å². The average molecular weight is 317 g/mol. The Morgan fingerprint density at radius 2 is 1.73 bits per heavy atom. The van der Waals surface area contributed by atoms with Gasteiger partial charge >= 0.3 is 12.1 Å². The maximum absolute atomic E-state index is 12.4. The van der Waals surface area contributed by atoms with Crippen LogP contribution < -0.4 is 5.32 Å². The second-order valence-electron chi connectivity index (χ2n) is 4.48. The Kier molecular flexibility index (Phi) is 5.67. The Bertz CT molecular complexity index is 566. The van der Waals surface area contributed by atoms with E-state index in [1.165, 1.54) is 6.92 Å². The molecule has 0 fully saturated rings. The van der Waals surface area contributed by atoms with Crippen molar-refractivity contribution in [3.8, 4) is 0 Å². The molecule has 1 N–H and O–H groups in total. The molecular formula is C14H14F3NO4. The number of hydrogen-bond donors (Lipinski definition) is 1. The van der Waals surface area contributed by atoms with Crippen molar-refractivity contribution in [2.75, 3.05) is 7.11 Å². The van der Waals surface area contributed by atoms with Crippen LogP contribution >= 0.6 is 0 Å². The highest BCUT2D eigenvalue weighted by Gasteiger charge is 2.30. The van der Waals surface area contributed by atoms with E-state index in [0.717, 1.165) is 31.4 Å². The lowest BCUT2D eigenvalue weighted by Gasteiger charge is -2.14. The van der Waals surface area contributed by atoms with Gasteiger partial charge in [-0.25, -0.2) is 4.79 Å². The fraction of sp³-hybridized carbons (Fsp3) is 0.357. The summed E-state index contributed by atoms with van der Waals surface area (Å²) in [5.74, 6) is -1.93. The van der Waals surface area contributed by atoms with Gasteiger partial charge in [-0.15, -0.1) is 0 Å². The highest BCUT2D eigenvalue weighted by molar-refractivity contribution is 5.99. The van der Waals surface area contributed by atoms with Crippen molar-refractivity contribution >= 4 is 17.7 Å². The van der Waals surface area contributed by atoms with E-state index in [2.05, 4.69) is 10.1 Å². The fourth-order valence-corrected chi connectivity index (χ4v) is 1.73. The molecule has 0 aromatic heterocycles. The second-order valence-corrected chi connectivity index (χ2v) is 4.48. The lowest BCUT2D eigenvalue weighted by molar-refractivity contribution is -0.144. The number of halogens is 3. The molecule has 8 heteroatoms. The molecule has 0 saturated carbocycles. The standard InChI is InChI=1S/C14H14F3NO4/c1-8(19)18-11(13(21)22-2)7-12(20)9-3-5-10(6-4-9)14(15,16)17/h3-6,11H,7H2,1-2H3,(H,18,19)/t11-/m0/s1. The van der Waals surface area contributed by atoms with Gasteiger partial charge in [-0.3, -0.25) is 9.59 Å². The molecule has 0 aliphatic heterocycles. The summed E-state index contributed by atoms with van der Waals surface area (Å²) >= 11 is 0. The smallest absolute Gasteiger partial charge is 0.416 e. The maximum atomic E-state index is 12.4. The second kappa shape index (κ2) is 7.06. The zero-order valence-electron chi connectivity index (χ0n) is 11.9. The number of alkyl halides is 3. The van der Waals surface area contributed by atoms with Gasteiger partial charge in [0.05, 0.1) is 12.7 Å². The monoisotopic (exact) mass is 317 g/mol. The van der Waals surface area contributed by atoms with Crippen molar-refractivity contribution in [1.29, 1.82) is 0 Å². The van der Waals surface area contributed by atoms with Crippen LogP contribution in [-0.4, -0.2) is 30.8 Å². The fourth-order valence-electron chi connectivity index (χ4n) is 1.73. The van der Waals surface area contributed by atoms with Crippen molar-refractivity contribution in [2.45, 2.75) is 25.6 Å². The molecule has 0 bridgehead atoms. The van der Waals surface area contributed by atoms with E-state index in [4.69, 9.17) is 0 Å². The van der Waals surface area contributed by atoms with E-state index >= 15 is 0 Å². The molecule has 120 valence electrons. The third-order valence-electron chi connectivity index (χ3n) is 2.79. The van der Waals surface area contributed by atoms with Gasteiger partial charge in [0, 0.05) is 18.9 Å². The van der Waals surface area contributed by atoms with Crippen molar-refractivity contribution in [3.05, 3.63) is 35.4 Å². The molecular weight excluding hydrogens is 303 g/mol. The number of ether oxygens (including phenoxy) is 1. The van der Waals surface area contributed by atoms with Gasteiger partial charge < -0.3 is 10.1 Å². The summed E-state index contributed by atoms with van der Waals surface area (Å²) in [5.41, 5.74) is -0.873. The van der Waals surface area contributed by atoms with E-state index in [0.29, 0.717) is 0 Å². The molecule has 1 amide bonds. The van der Waals surface area contributed by atoms with E-state index in [1.807, 2.05) is 0 Å². The molecule has 1 aromatic carbocycles. The number of hydrogen-bond acceptors (Lipinski definition) is 4. The van der Waals surface area contributed by atoms with Gasteiger partial charge in [0.25, 0.3) is 0 Å². The van der Waals surface area contributed by atoms with Crippen LogP contribution in [0.3, 0.4) is 0 Å². The molecule has 5 nitrogen and oxygen atoms in total. The molecule has 0 saturated heterocycles. The SMILES string of the molecule is COC(=O)[C@H](CC(=O)c1ccc(C(F)(F)F)cc1)NC(C)=O. The Morgan fingerprint density at radius 1 is 1.18 bits per heavy atom. The van der Waals surface area contributed by atoms with Crippen LogP contribution in [0, 0.1) is 0 Å². The van der Waals surface area contributed by atoms with Crippen LogP contribution in [0.25, 0.3) is 0 Å². The first-order chi connectivity index (χ1) is 10.1. The van der Waals surface area contributed by atoms with Gasteiger partial charge in [0.1, 0.15) is 6.04 Å². The van der Waals surface area contributed by atoms with Crippen LogP contribution in [0.5, 0.6) is 0 Å².